The molecule has 0 unspecified atom stereocenters. The minimum absolute atomic E-state index is 0.198. The number of benzene rings is 1. The van der Waals surface area contributed by atoms with Crippen molar-refractivity contribution in [2.24, 2.45) is 0 Å². The average Bonchev–Trinajstić information content (AvgIpc) is 2.27. The summed E-state index contributed by atoms with van der Waals surface area (Å²) < 4.78 is 42.7. The molecule has 0 aliphatic rings. The molecule has 2 nitrogen and oxygen atoms in total. The van der Waals surface area contributed by atoms with Crippen LogP contribution in [0, 0.1) is 0 Å². The Hall–Kier alpha value is -1.07. The summed E-state index contributed by atoms with van der Waals surface area (Å²) in [5.74, 6) is 0. The van der Waals surface area contributed by atoms with Gasteiger partial charge in [0.15, 0.2) is 0 Å². The van der Waals surface area contributed by atoms with Crippen molar-refractivity contribution in [3.05, 3.63) is 35.4 Å². The van der Waals surface area contributed by atoms with Crippen LogP contribution in [0.15, 0.2) is 24.3 Å². The zero-order valence-corrected chi connectivity index (χ0v) is 10.6. The highest BCUT2D eigenvalue weighted by Crippen LogP contribution is 2.29. The van der Waals surface area contributed by atoms with Crippen LogP contribution < -0.4 is 5.32 Å². The van der Waals surface area contributed by atoms with Crippen molar-refractivity contribution in [3.63, 3.8) is 0 Å². The van der Waals surface area contributed by atoms with E-state index in [4.69, 9.17) is 4.74 Å². The van der Waals surface area contributed by atoms with Gasteiger partial charge in [-0.05, 0) is 17.7 Å². The van der Waals surface area contributed by atoms with E-state index in [1.54, 1.807) is 6.07 Å². The molecule has 0 heterocycles. The van der Waals surface area contributed by atoms with Crippen LogP contribution in [0.1, 0.15) is 25.0 Å². The highest BCUT2D eigenvalue weighted by atomic mass is 19.4. The predicted octanol–water partition coefficient (Wildman–Crippen LogP) is 3.22. The van der Waals surface area contributed by atoms with Crippen LogP contribution in [0.3, 0.4) is 0 Å². The molecule has 0 atom stereocenters. The van der Waals surface area contributed by atoms with Crippen LogP contribution in [0.25, 0.3) is 0 Å². The van der Waals surface area contributed by atoms with Crippen LogP contribution in [-0.4, -0.2) is 19.2 Å². The Morgan fingerprint density at radius 1 is 1.28 bits per heavy atom. The highest BCUT2D eigenvalue weighted by Gasteiger charge is 2.30. The third kappa shape index (κ3) is 5.51. The van der Waals surface area contributed by atoms with Gasteiger partial charge in [-0.15, -0.1) is 0 Å². The van der Waals surface area contributed by atoms with E-state index in [0.717, 1.165) is 12.1 Å². The van der Waals surface area contributed by atoms with E-state index in [-0.39, 0.29) is 6.61 Å². The van der Waals surface area contributed by atoms with Crippen molar-refractivity contribution < 1.29 is 17.9 Å². The minimum Gasteiger partial charge on any atom is -0.375 e. The highest BCUT2D eigenvalue weighted by molar-refractivity contribution is 5.25. The van der Waals surface area contributed by atoms with E-state index in [2.05, 4.69) is 5.32 Å². The van der Waals surface area contributed by atoms with E-state index in [1.807, 2.05) is 13.8 Å². The van der Waals surface area contributed by atoms with Crippen molar-refractivity contribution in [1.82, 2.24) is 5.32 Å². The molecule has 1 aromatic carbocycles. The molecule has 18 heavy (non-hydrogen) atoms. The van der Waals surface area contributed by atoms with Gasteiger partial charge >= 0.3 is 6.18 Å². The fraction of sp³-hybridized carbons (Fsp3) is 0.538. The Kier molecular flexibility index (Phi) is 5.62. The quantitative estimate of drug-likeness (QED) is 0.794. The fourth-order valence-electron chi connectivity index (χ4n) is 1.45. The van der Waals surface area contributed by atoms with Crippen LogP contribution in [0.4, 0.5) is 13.2 Å². The van der Waals surface area contributed by atoms with Gasteiger partial charge in [0.2, 0.25) is 0 Å². The number of alkyl halides is 3. The number of nitrogens with one attached hydrogen (secondary N) is 1. The summed E-state index contributed by atoms with van der Waals surface area (Å²) in [7, 11) is 0. The third-order valence-corrected chi connectivity index (χ3v) is 2.32. The van der Waals surface area contributed by atoms with Crippen molar-refractivity contribution in [2.45, 2.75) is 32.7 Å². The molecule has 1 N–H and O–H groups in total. The van der Waals surface area contributed by atoms with Gasteiger partial charge in [-0.2, -0.15) is 13.2 Å². The number of ether oxygens (including phenoxy) is 1. The maximum Gasteiger partial charge on any atom is 0.416 e. The Morgan fingerprint density at radius 2 is 2.00 bits per heavy atom. The Bertz CT molecular complexity index is 363. The zero-order chi connectivity index (χ0) is 13.6. The van der Waals surface area contributed by atoms with Gasteiger partial charge in [0.1, 0.15) is 0 Å². The summed E-state index contributed by atoms with van der Waals surface area (Å²) in [4.78, 5) is 0. The molecule has 102 valence electrons. The molecular formula is C13H18F3NO. The minimum atomic E-state index is -4.30. The second kappa shape index (κ2) is 6.75. The van der Waals surface area contributed by atoms with Crippen molar-refractivity contribution in [2.75, 3.05) is 13.2 Å². The lowest BCUT2D eigenvalue weighted by Gasteiger charge is -2.10. The van der Waals surface area contributed by atoms with Crippen molar-refractivity contribution in [1.29, 1.82) is 0 Å². The zero-order valence-electron chi connectivity index (χ0n) is 10.6. The lowest BCUT2D eigenvalue weighted by Crippen LogP contribution is -2.26. The number of hydrogen-bond donors (Lipinski definition) is 1. The summed E-state index contributed by atoms with van der Waals surface area (Å²) in [6.45, 7) is 5.41. The largest absolute Gasteiger partial charge is 0.416 e. The molecular weight excluding hydrogens is 243 g/mol. The fourth-order valence-corrected chi connectivity index (χ4v) is 1.45. The average molecular weight is 261 g/mol. The standard InChI is InChI=1S/C13H18F3NO/c1-10(2)17-6-7-18-9-11-4-3-5-12(8-11)13(14,15)16/h3-5,8,10,17H,6-7,9H2,1-2H3. The van der Waals surface area contributed by atoms with E-state index in [0.29, 0.717) is 24.8 Å². The number of halogens is 3. The number of hydrogen-bond acceptors (Lipinski definition) is 2. The Balaban J connectivity index is 2.39. The van der Waals surface area contributed by atoms with Crippen LogP contribution in [-0.2, 0) is 17.5 Å². The SMILES string of the molecule is CC(C)NCCOCc1cccc(C(F)(F)F)c1. The third-order valence-electron chi connectivity index (χ3n) is 2.32. The van der Waals surface area contributed by atoms with E-state index in [1.165, 1.54) is 6.07 Å². The second-order valence-electron chi connectivity index (χ2n) is 4.36. The predicted molar refractivity (Wildman–Crippen MR) is 64.2 cm³/mol. The molecule has 0 spiro atoms. The van der Waals surface area contributed by atoms with Crippen LogP contribution in [0.2, 0.25) is 0 Å². The Morgan fingerprint density at radius 3 is 2.61 bits per heavy atom. The summed E-state index contributed by atoms with van der Waals surface area (Å²) >= 11 is 0. The van der Waals surface area contributed by atoms with Crippen molar-refractivity contribution >= 4 is 0 Å². The van der Waals surface area contributed by atoms with Gasteiger partial charge in [0.05, 0.1) is 18.8 Å². The molecule has 0 bridgehead atoms. The molecule has 5 heteroatoms. The molecule has 0 aromatic heterocycles. The molecule has 0 aliphatic heterocycles. The van der Waals surface area contributed by atoms with Crippen LogP contribution >= 0.6 is 0 Å². The summed E-state index contributed by atoms with van der Waals surface area (Å²) in [6, 6.07) is 5.58. The van der Waals surface area contributed by atoms with Gasteiger partial charge < -0.3 is 10.1 Å². The topological polar surface area (TPSA) is 21.3 Å². The molecule has 1 rings (SSSR count). The molecule has 0 aliphatic carbocycles. The molecule has 0 saturated carbocycles. The van der Waals surface area contributed by atoms with Gasteiger partial charge in [-0.25, -0.2) is 0 Å². The van der Waals surface area contributed by atoms with Gasteiger partial charge in [-0.1, -0.05) is 26.0 Å². The molecule has 0 radical (unpaired) electrons. The first-order valence-electron chi connectivity index (χ1n) is 5.87. The van der Waals surface area contributed by atoms with Gasteiger partial charge in [0.25, 0.3) is 0 Å². The lowest BCUT2D eigenvalue weighted by atomic mass is 10.1. The van der Waals surface area contributed by atoms with E-state index >= 15 is 0 Å². The summed E-state index contributed by atoms with van der Waals surface area (Å²) in [5, 5.41) is 3.16. The van der Waals surface area contributed by atoms with E-state index in [9.17, 15) is 13.2 Å². The van der Waals surface area contributed by atoms with Crippen LogP contribution in [0.5, 0.6) is 0 Å². The second-order valence-corrected chi connectivity index (χ2v) is 4.36. The van der Waals surface area contributed by atoms with Gasteiger partial charge in [-0.3, -0.25) is 0 Å². The molecule has 0 amide bonds. The number of rotatable bonds is 6. The summed E-state index contributed by atoms with van der Waals surface area (Å²) in [6.07, 6.45) is -4.30. The first-order valence-corrected chi connectivity index (χ1v) is 5.87. The van der Waals surface area contributed by atoms with Gasteiger partial charge in [0, 0.05) is 12.6 Å². The smallest absolute Gasteiger partial charge is 0.375 e. The molecule has 1 aromatic rings. The Labute approximate surface area is 105 Å². The normalized spacial score (nSPS) is 12.1. The van der Waals surface area contributed by atoms with Crippen molar-refractivity contribution in [3.8, 4) is 0 Å². The molecule has 0 fully saturated rings. The monoisotopic (exact) mass is 261 g/mol. The molecule has 0 saturated heterocycles. The maximum absolute atomic E-state index is 12.4. The maximum atomic E-state index is 12.4. The first kappa shape index (κ1) is 15.0. The first-order chi connectivity index (χ1) is 8.39. The lowest BCUT2D eigenvalue weighted by molar-refractivity contribution is -0.137. The van der Waals surface area contributed by atoms with E-state index < -0.39 is 11.7 Å². The summed E-state index contributed by atoms with van der Waals surface area (Å²) in [5.41, 5.74) is -0.0988.